The van der Waals surface area contributed by atoms with E-state index < -0.39 is 5.97 Å². The summed E-state index contributed by atoms with van der Waals surface area (Å²) in [6, 6.07) is 0.131. The predicted molar refractivity (Wildman–Crippen MR) is 80.3 cm³/mol. The van der Waals surface area contributed by atoms with Crippen LogP contribution < -0.4 is 5.32 Å². The average molecular weight is 297 g/mol. The first-order chi connectivity index (χ1) is 10.1. The van der Waals surface area contributed by atoms with Crippen LogP contribution in [0.1, 0.15) is 45.4 Å². The molecule has 0 aromatic rings. The second-order valence-electron chi connectivity index (χ2n) is 6.16. The summed E-state index contributed by atoms with van der Waals surface area (Å²) in [5, 5.41) is 11.8. The summed E-state index contributed by atoms with van der Waals surface area (Å²) in [5.41, 5.74) is 0. The van der Waals surface area contributed by atoms with Gasteiger partial charge >= 0.3 is 12.0 Å². The maximum Gasteiger partial charge on any atom is 0.317 e. The molecule has 0 saturated carbocycles. The average Bonchev–Trinajstić information content (AvgIpc) is 2.46. The van der Waals surface area contributed by atoms with Crippen molar-refractivity contribution in [3.63, 3.8) is 0 Å². The Morgan fingerprint density at radius 1 is 1.29 bits per heavy atom. The number of carbonyl (C=O) groups excluding carboxylic acids is 1. The maximum absolute atomic E-state index is 12.3. The van der Waals surface area contributed by atoms with Gasteiger partial charge in [-0.25, -0.2) is 4.79 Å². The van der Waals surface area contributed by atoms with E-state index in [1.54, 1.807) is 0 Å². The van der Waals surface area contributed by atoms with Gasteiger partial charge in [0.05, 0.1) is 6.42 Å². The molecule has 2 rings (SSSR count). The largest absolute Gasteiger partial charge is 0.481 e. The van der Waals surface area contributed by atoms with Crippen molar-refractivity contribution in [2.24, 2.45) is 0 Å². The third kappa shape index (κ3) is 4.59. The van der Waals surface area contributed by atoms with Gasteiger partial charge in [-0.15, -0.1) is 0 Å². The number of hydrogen-bond acceptors (Lipinski definition) is 3. The highest BCUT2D eigenvalue weighted by Crippen LogP contribution is 2.21. The number of amides is 2. The Morgan fingerprint density at radius 2 is 2.10 bits per heavy atom. The van der Waals surface area contributed by atoms with Gasteiger partial charge in [0.25, 0.3) is 0 Å². The summed E-state index contributed by atoms with van der Waals surface area (Å²) in [5.74, 6) is -0.856. The molecular formula is C15H27N3O3. The molecule has 0 aliphatic carbocycles. The van der Waals surface area contributed by atoms with Crippen molar-refractivity contribution >= 4 is 12.0 Å². The Morgan fingerprint density at radius 3 is 2.81 bits per heavy atom. The molecule has 21 heavy (non-hydrogen) atoms. The molecule has 0 spiro atoms. The standard InChI is InChI=1S/C15H27N3O3/c1-2-5-12(10-14(19)20)16-15(21)18-9-8-17-7-4-3-6-13(17)11-18/h12-13H,2-11H2,1H3,(H,16,21)(H,19,20). The van der Waals surface area contributed by atoms with Gasteiger partial charge in [0.2, 0.25) is 0 Å². The Labute approximate surface area is 126 Å². The molecule has 0 radical (unpaired) electrons. The first kappa shape index (κ1) is 16.1. The lowest BCUT2D eigenvalue weighted by Crippen LogP contribution is -2.58. The van der Waals surface area contributed by atoms with E-state index in [4.69, 9.17) is 5.11 Å². The minimum absolute atomic E-state index is 0.00295. The van der Waals surface area contributed by atoms with Crippen LogP contribution in [0.25, 0.3) is 0 Å². The van der Waals surface area contributed by atoms with Crippen LogP contribution in [0.3, 0.4) is 0 Å². The normalized spacial score (nSPS) is 24.2. The Kier molecular flexibility index (Phi) is 5.85. The van der Waals surface area contributed by atoms with E-state index >= 15 is 0 Å². The zero-order valence-corrected chi connectivity index (χ0v) is 12.9. The molecule has 6 heteroatoms. The van der Waals surface area contributed by atoms with Gasteiger partial charge in [-0.2, -0.15) is 0 Å². The summed E-state index contributed by atoms with van der Waals surface area (Å²) in [6.45, 7) is 5.61. The number of urea groups is 1. The minimum atomic E-state index is -0.856. The van der Waals surface area contributed by atoms with Crippen LogP contribution in [-0.2, 0) is 4.79 Å². The lowest BCUT2D eigenvalue weighted by atomic mass is 10.00. The second-order valence-corrected chi connectivity index (χ2v) is 6.16. The molecule has 0 aromatic carbocycles. The number of nitrogens with zero attached hydrogens (tertiary/aromatic N) is 2. The molecule has 2 aliphatic heterocycles. The summed E-state index contributed by atoms with van der Waals surface area (Å²) >= 11 is 0. The molecule has 0 aromatic heterocycles. The number of hydrogen-bond donors (Lipinski definition) is 2. The predicted octanol–water partition coefficient (Wildman–Crippen LogP) is 1.51. The minimum Gasteiger partial charge on any atom is -0.481 e. The zero-order chi connectivity index (χ0) is 15.2. The van der Waals surface area contributed by atoms with Crippen LogP contribution in [0.5, 0.6) is 0 Å². The third-order valence-electron chi connectivity index (χ3n) is 4.51. The summed E-state index contributed by atoms with van der Waals surface area (Å²) in [7, 11) is 0. The summed E-state index contributed by atoms with van der Waals surface area (Å²) in [4.78, 5) is 27.5. The molecule has 2 atom stereocenters. The molecule has 0 bridgehead atoms. The van der Waals surface area contributed by atoms with Crippen LogP contribution in [0.4, 0.5) is 4.79 Å². The summed E-state index contributed by atoms with van der Waals surface area (Å²) < 4.78 is 0. The molecule has 2 saturated heterocycles. The first-order valence-corrected chi connectivity index (χ1v) is 8.11. The molecule has 2 aliphatic rings. The molecule has 2 amide bonds. The van der Waals surface area contributed by atoms with E-state index in [0.29, 0.717) is 12.5 Å². The number of carbonyl (C=O) groups is 2. The number of piperazine rings is 1. The van der Waals surface area contributed by atoms with E-state index in [-0.39, 0.29) is 18.5 Å². The lowest BCUT2D eigenvalue weighted by Gasteiger charge is -2.44. The summed E-state index contributed by atoms with van der Waals surface area (Å²) in [6.07, 6.45) is 5.25. The van der Waals surface area contributed by atoms with Crippen molar-refractivity contribution in [1.82, 2.24) is 15.1 Å². The number of carboxylic acid groups (broad SMARTS) is 1. The van der Waals surface area contributed by atoms with E-state index in [0.717, 1.165) is 39.0 Å². The van der Waals surface area contributed by atoms with Crippen molar-refractivity contribution in [3.05, 3.63) is 0 Å². The molecular weight excluding hydrogens is 270 g/mol. The van der Waals surface area contributed by atoms with Gasteiger partial charge in [0, 0.05) is 31.7 Å². The van der Waals surface area contributed by atoms with Crippen molar-refractivity contribution in [2.75, 3.05) is 26.2 Å². The highest BCUT2D eigenvalue weighted by atomic mass is 16.4. The zero-order valence-electron chi connectivity index (χ0n) is 12.9. The first-order valence-electron chi connectivity index (χ1n) is 8.11. The number of nitrogens with one attached hydrogen (secondary N) is 1. The van der Waals surface area contributed by atoms with Gasteiger partial charge < -0.3 is 15.3 Å². The number of carboxylic acids is 1. The second kappa shape index (κ2) is 7.64. The van der Waals surface area contributed by atoms with Crippen LogP contribution in [0.15, 0.2) is 0 Å². The highest BCUT2D eigenvalue weighted by Gasteiger charge is 2.31. The lowest BCUT2D eigenvalue weighted by molar-refractivity contribution is -0.137. The van der Waals surface area contributed by atoms with Crippen LogP contribution in [0.2, 0.25) is 0 Å². The Bertz CT molecular complexity index is 375. The third-order valence-corrected chi connectivity index (χ3v) is 4.51. The fraction of sp³-hybridized carbons (Fsp3) is 0.867. The highest BCUT2D eigenvalue weighted by molar-refractivity contribution is 5.76. The van der Waals surface area contributed by atoms with Crippen LogP contribution in [-0.4, -0.2) is 65.2 Å². The number of rotatable bonds is 5. The smallest absolute Gasteiger partial charge is 0.317 e. The van der Waals surface area contributed by atoms with Gasteiger partial charge in [-0.3, -0.25) is 9.69 Å². The SMILES string of the molecule is CCCC(CC(=O)O)NC(=O)N1CCN2CCCCC2C1. The fourth-order valence-electron chi connectivity index (χ4n) is 3.39. The van der Waals surface area contributed by atoms with E-state index in [1.807, 2.05) is 11.8 Å². The molecule has 2 heterocycles. The van der Waals surface area contributed by atoms with E-state index in [1.165, 1.54) is 12.8 Å². The van der Waals surface area contributed by atoms with Gasteiger partial charge in [-0.1, -0.05) is 19.8 Å². The molecule has 2 unspecified atom stereocenters. The Balaban J connectivity index is 1.85. The molecule has 6 nitrogen and oxygen atoms in total. The molecule has 2 N–H and O–H groups in total. The van der Waals surface area contributed by atoms with Crippen molar-refractivity contribution in [1.29, 1.82) is 0 Å². The maximum atomic E-state index is 12.3. The van der Waals surface area contributed by atoms with Gasteiger partial charge in [0.1, 0.15) is 0 Å². The van der Waals surface area contributed by atoms with Gasteiger partial charge in [-0.05, 0) is 25.8 Å². The Hall–Kier alpha value is -1.30. The van der Waals surface area contributed by atoms with Crippen LogP contribution in [0, 0.1) is 0 Å². The van der Waals surface area contributed by atoms with E-state index in [9.17, 15) is 9.59 Å². The number of aliphatic carboxylic acids is 1. The topological polar surface area (TPSA) is 72.9 Å². The monoisotopic (exact) mass is 297 g/mol. The number of fused-ring (bicyclic) bond motifs is 1. The van der Waals surface area contributed by atoms with Crippen molar-refractivity contribution in [2.45, 2.75) is 57.5 Å². The van der Waals surface area contributed by atoms with Crippen LogP contribution >= 0.6 is 0 Å². The van der Waals surface area contributed by atoms with E-state index in [2.05, 4.69) is 10.2 Å². The molecule has 120 valence electrons. The number of piperidine rings is 1. The quantitative estimate of drug-likeness (QED) is 0.807. The van der Waals surface area contributed by atoms with Crippen molar-refractivity contribution in [3.8, 4) is 0 Å². The van der Waals surface area contributed by atoms with Crippen molar-refractivity contribution < 1.29 is 14.7 Å². The fourth-order valence-corrected chi connectivity index (χ4v) is 3.39. The molecule has 2 fully saturated rings. The van der Waals surface area contributed by atoms with Gasteiger partial charge in [0.15, 0.2) is 0 Å².